The third kappa shape index (κ3) is 9.03. The molecule has 0 aliphatic rings. The summed E-state index contributed by atoms with van der Waals surface area (Å²) in [7, 11) is 1.18. The molecule has 0 saturated carbocycles. The molecule has 0 spiro atoms. The van der Waals surface area contributed by atoms with E-state index in [0.717, 1.165) is 15.8 Å². The lowest BCUT2D eigenvalue weighted by Gasteiger charge is -2.18. The Kier molecular flexibility index (Phi) is 12.1. The molecule has 3 N–H and O–H groups in total. The lowest BCUT2D eigenvalue weighted by atomic mass is 10.1. The molecular weight excluding hydrogens is 630 g/mol. The predicted molar refractivity (Wildman–Crippen MR) is 166 cm³/mol. The second kappa shape index (κ2) is 15.3. The lowest BCUT2D eigenvalue weighted by Crippen LogP contribution is -2.25. The van der Waals surface area contributed by atoms with E-state index >= 15 is 0 Å². The Balaban J connectivity index is 0.000000246. The fourth-order valence-corrected chi connectivity index (χ4v) is 5.19. The molecule has 4 aromatic rings. The van der Waals surface area contributed by atoms with Gasteiger partial charge in [0, 0.05) is 22.1 Å². The molecule has 0 unspecified atom stereocenters. The van der Waals surface area contributed by atoms with Gasteiger partial charge in [0.2, 0.25) is 0 Å². The van der Waals surface area contributed by atoms with Gasteiger partial charge < -0.3 is 29.5 Å². The van der Waals surface area contributed by atoms with Gasteiger partial charge in [-0.3, -0.25) is 0 Å². The molecule has 0 bridgehead atoms. The highest BCUT2D eigenvalue weighted by atomic mass is 32.1. The number of aliphatic hydroxyl groups excluding tert-OH is 2. The molecule has 2 heterocycles. The zero-order chi connectivity index (χ0) is 33.6. The molecular formula is C31H34F2N2O8S2. The van der Waals surface area contributed by atoms with Crippen LogP contribution in [-0.2, 0) is 4.74 Å². The molecule has 0 fully saturated rings. The highest BCUT2D eigenvalue weighted by Gasteiger charge is 2.23. The molecule has 10 nitrogen and oxygen atoms in total. The summed E-state index contributed by atoms with van der Waals surface area (Å²) in [5, 5.41) is 29.0. The number of nitrogens with zero attached hydrogens (tertiary/aromatic N) is 2. The van der Waals surface area contributed by atoms with Crippen molar-refractivity contribution in [2.24, 2.45) is 0 Å². The maximum absolute atomic E-state index is 14.6. The van der Waals surface area contributed by atoms with E-state index in [1.807, 2.05) is 13.8 Å². The van der Waals surface area contributed by atoms with Crippen LogP contribution < -0.4 is 9.47 Å². The van der Waals surface area contributed by atoms with Gasteiger partial charge in [-0.2, -0.15) is 0 Å². The third-order valence-corrected chi connectivity index (χ3v) is 8.33. The number of hydrogen-bond acceptors (Lipinski definition) is 11. The van der Waals surface area contributed by atoms with Gasteiger partial charge in [-0.15, -0.1) is 22.7 Å². The summed E-state index contributed by atoms with van der Waals surface area (Å²) in [6.45, 7) is 10.1. The Morgan fingerprint density at radius 3 is 1.49 bits per heavy atom. The first-order chi connectivity index (χ1) is 21.1. The molecule has 0 saturated heterocycles. The predicted octanol–water partition coefficient (Wildman–Crippen LogP) is 6.30. The van der Waals surface area contributed by atoms with Crippen molar-refractivity contribution in [3.05, 3.63) is 69.2 Å². The van der Waals surface area contributed by atoms with E-state index in [1.54, 1.807) is 40.1 Å². The Morgan fingerprint density at radius 1 is 0.756 bits per heavy atom. The second-order valence-corrected chi connectivity index (χ2v) is 12.6. The zero-order valence-corrected chi connectivity index (χ0v) is 27.3. The number of esters is 1. The number of methoxy groups -OCH3 is 1. The number of aromatic nitrogens is 2. The summed E-state index contributed by atoms with van der Waals surface area (Å²) in [6, 6.07) is 5.25. The van der Waals surface area contributed by atoms with Crippen molar-refractivity contribution in [1.29, 1.82) is 0 Å². The normalized spacial score (nSPS) is 13.6. The van der Waals surface area contributed by atoms with E-state index in [4.69, 9.17) is 14.6 Å². The van der Waals surface area contributed by atoms with Crippen LogP contribution in [0.5, 0.6) is 11.5 Å². The van der Waals surface area contributed by atoms with Crippen molar-refractivity contribution >= 4 is 34.6 Å². The summed E-state index contributed by atoms with van der Waals surface area (Å²) in [4.78, 5) is 33.1. The number of hydrogen-bond donors (Lipinski definition) is 3. The van der Waals surface area contributed by atoms with Gasteiger partial charge in [0.1, 0.15) is 45.4 Å². The monoisotopic (exact) mass is 664 g/mol. The van der Waals surface area contributed by atoms with E-state index in [1.165, 1.54) is 48.0 Å². The topological polar surface area (TPSA) is 148 Å². The standard InChI is InChI=1S/C16H18FNO4S.C15H16FNO4S/c1-8-7-18-15(23-8)12-5-11(22-10(3)9(2)19)6-13(14(12)17)16(20)21-4;1-7-6-17-14(22-7)11-4-10(21-9(3)8(2)18)5-12(13(11)16)15(19)20/h5-7,9-10,19H,1-4H3;4-6,8-9,18H,1-3H3,(H,19,20)/t9-,10+;8-,9+/m11/s1. The number of carboxylic acids is 1. The van der Waals surface area contributed by atoms with Crippen LogP contribution in [0.1, 0.15) is 58.2 Å². The quantitative estimate of drug-likeness (QED) is 0.165. The van der Waals surface area contributed by atoms with E-state index in [0.29, 0.717) is 10.0 Å². The number of ether oxygens (including phenoxy) is 3. The van der Waals surface area contributed by atoms with Gasteiger partial charge in [0.05, 0.1) is 41.6 Å². The molecule has 0 aliphatic heterocycles. The van der Waals surface area contributed by atoms with Gasteiger partial charge in [-0.05, 0) is 65.8 Å². The highest BCUT2D eigenvalue weighted by Crippen LogP contribution is 2.34. The lowest BCUT2D eigenvalue weighted by molar-refractivity contribution is 0.0576. The Bertz CT molecular complexity index is 1650. The number of aliphatic hydroxyl groups is 2. The molecule has 0 radical (unpaired) electrons. The summed E-state index contributed by atoms with van der Waals surface area (Å²) >= 11 is 2.57. The molecule has 4 atom stereocenters. The second-order valence-electron chi connectivity index (χ2n) is 10.1. The minimum absolute atomic E-state index is 0.0748. The minimum atomic E-state index is -1.39. The first-order valence-electron chi connectivity index (χ1n) is 13.7. The largest absolute Gasteiger partial charge is 0.488 e. The van der Waals surface area contributed by atoms with Crippen LogP contribution in [0.15, 0.2) is 36.7 Å². The molecule has 4 rings (SSSR count). The summed E-state index contributed by atoms with van der Waals surface area (Å²) in [5.41, 5.74) is -0.478. The first-order valence-corrected chi connectivity index (χ1v) is 15.3. The zero-order valence-electron chi connectivity index (χ0n) is 25.6. The van der Waals surface area contributed by atoms with E-state index < -0.39 is 53.6 Å². The minimum Gasteiger partial charge on any atom is -0.488 e. The number of carboxylic acid groups (broad SMARTS) is 1. The molecule has 2 aromatic heterocycles. The van der Waals surface area contributed by atoms with Gasteiger partial charge in [-0.25, -0.2) is 28.3 Å². The number of aromatic carboxylic acids is 1. The van der Waals surface area contributed by atoms with Crippen molar-refractivity contribution in [2.45, 2.75) is 66.0 Å². The smallest absolute Gasteiger partial charge is 0.341 e. The number of carbonyl (C=O) groups excluding carboxylic acids is 1. The van der Waals surface area contributed by atoms with Crippen LogP contribution >= 0.6 is 22.7 Å². The van der Waals surface area contributed by atoms with E-state index in [9.17, 15) is 28.6 Å². The van der Waals surface area contributed by atoms with Crippen LogP contribution in [-0.4, -0.2) is 68.8 Å². The van der Waals surface area contributed by atoms with E-state index in [-0.39, 0.29) is 28.2 Å². The Hall–Kier alpha value is -3.98. The number of benzene rings is 2. The van der Waals surface area contributed by atoms with Gasteiger partial charge in [0.25, 0.3) is 0 Å². The highest BCUT2D eigenvalue weighted by molar-refractivity contribution is 7.15. The molecule has 0 aliphatic carbocycles. The maximum atomic E-state index is 14.6. The molecule has 2 aromatic carbocycles. The number of rotatable bonds is 10. The van der Waals surface area contributed by atoms with Crippen molar-refractivity contribution in [1.82, 2.24) is 9.97 Å². The fourth-order valence-electron chi connectivity index (χ4n) is 3.64. The van der Waals surface area contributed by atoms with Gasteiger partial charge in [0.15, 0.2) is 0 Å². The summed E-state index contributed by atoms with van der Waals surface area (Å²) in [6.07, 6.45) is 0.681. The van der Waals surface area contributed by atoms with Crippen molar-refractivity contribution < 1.29 is 47.9 Å². The summed E-state index contributed by atoms with van der Waals surface area (Å²) in [5.74, 6) is -3.30. The van der Waals surface area contributed by atoms with Crippen molar-refractivity contribution in [3.8, 4) is 32.6 Å². The SMILES string of the molecule is COC(=O)c1cc(O[C@@H](C)[C@@H](C)O)cc(-c2ncc(C)s2)c1F.Cc1cnc(-c2cc(O[C@@H](C)[C@@H](C)O)cc(C(=O)O)c2F)s1. The number of carbonyl (C=O) groups is 2. The van der Waals surface area contributed by atoms with Crippen LogP contribution in [0.3, 0.4) is 0 Å². The fraction of sp³-hybridized carbons (Fsp3) is 0.355. The number of halogens is 2. The van der Waals surface area contributed by atoms with Crippen molar-refractivity contribution in [3.63, 3.8) is 0 Å². The summed E-state index contributed by atoms with van der Waals surface area (Å²) < 4.78 is 44.7. The van der Waals surface area contributed by atoms with Crippen LogP contribution in [0, 0.1) is 25.5 Å². The third-order valence-electron chi connectivity index (χ3n) is 6.43. The molecule has 0 amide bonds. The average Bonchev–Trinajstić information content (AvgIpc) is 3.62. The number of aryl methyl sites for hydroxylation is 2. The molecule has 45 heavy (non-hydrogen) atoms. The maximum Gasteiger partial charge on any atom is 0.341 e. The van der Waals surface area contributed by atoms with Gasteiger partial charge >= 0.3 is 11.9 Å². The van der Waals surface area contributed by atoms with Crippen LogP contribution in [0.25, 0.3) is 21.1 Å². The first kappa shape index (κ1) is 35.5. The Labute approximate surface area is 266 Å². The van der Waals surface area contributed by atoms with E-state index in [2.05, 4.69) is 14.7 Å². The average molecular weight is 665 g/mol. The van der Waals surface area contributed by atoms with Gasteiger partial charge in [-0.1, -0.05) is 0 Å². The van der Waals surface area contributed by atoms with Crippen LogP contribution in [0.2, 0.25) is 0 Å². The molecule has 14 heteroatoms. The van der Waals surface area contributed by atoms with Crippen LogP contribution in [0.4, 0.5) is 8.78 Å². The Morgan fingerprint density at radius 2 is 1.16 bits per heavy atom. The molecule has 242 valence electrons. The number of thiazole rings is 2. The van der Waals surface area contributed by atoms with Crippen molar-refractivity contribution in [2.75, 3.05) is 7.11 Å².